The molecule has 1 aromatic heterocycles. The lowest BCUT2D eigenvalue weighted by molar-refractivity contribution is 0.298. The number of anilines is 2. The summed E-state index contributed by atoms with van der Waals surface area (Å²) in [5, 5.41) is 3.24. The molecule has 0 bridgehead atoms. The van der Waals surface area contributed by atoms with E-state index in [0.717, 1.165) is 31.6 Å². The Hall–Kier alpha value is -1.52. The van der Waals surface area contributed by atoms with Crippen LogP contribution >= 0.6 is 0 Å². The minimum absolute atomic E-state index is 0.252. The predicted octanol–water partition coefficient (Wildman–Crippen LogP) is 2.84. The Kier molecular flexibility index (Phi) is 6.91. The number of nitrogen functional groups attached to an aromatic ring is 1. The summed E-state index contributed by atoms with van der Waals surface area (Å²) >= 11 is 0. The smallest absolute Gasteiger partial charge is 0.225 e. The van der Waals surface area contributed by atoms with Gasteiger partial charge in [0.2, 0.25) is 11.8 Å². The molecule has 0 saturated carbocycles. The van der Waals surface area contributed by atoms with Crippen LogP contribution in [0.3, 0.4) is 0 Å². The van der Waals surface area contributed by atoms with Crippen molar-refractivity contribution in [2.75, 3.05) is 24.2 Å². The number of nitrogens with one attached hydrogen (secondary N) is 1. The normalized spacial score (nSPS) is 10.3. The van der Waals surface area contributed by atoms with E-state index < -0.39 is 0 Å². The van der Waals surface area contributed by atoms with E-state index >= 15 is 0 Å². The van der Waals surface area contributed by atoms with Crippen molar-refractivity contribution in [2.45, 2.75) is 46.0 Å². The maximum absolute atomic E-state index is 5.65. The summed E-state index contributed by atoms with van der Waals surface area (Å²) in [5.41, 5.74) is 5.65. The number of nitrogens with zero attached hydrogens (tertiary/aromatic N) is 2. The Balaban J connectivity index is 2.46. The minimum atomic E-state index is 0.252. The van der Waals surface area contributed by atoms with Crippen molar-refractivity contribution < 1.29 is 4.74 Å². The van der Waals surface area contributed by atoms with Crippen molar-refractivity contribution >= 4 is 11.8 Å². The van der Waals surface area contributed by atoms with Crippen molar-refractivity contribution in [3.8, 4) is 5.88 Å². The topological polar surface area (TPSA) is 73.1 Å². The Morgan fingerprint density at radius 2 is 1.94 bits per heavy atom. The molecule has 0 atom stereocenters. The van der Waals surface area contributed by atoms with E-state index in [9.17, 15) is 0 Å². The van der Waals surface area contributed by atoms with Crippen LogP contribution in [0.5, 0.6) is 5.88 Å². The maximum atomic E-state index is 5.65. The summed E-state index contributed by atoms with van der Waals surface area (Å²) in [6, 6.07) is 1.80. The molecule has 0 aliphatic carbocycles. The van der Waals surface area contributed by atoms with Gasteiger partial charge in [0.05, 0.1) is 6.61 Å². The van der Waals surface area contributed by atoms with E-state index in [1.54, 1.807) is 6.07 Å². The molecule has 0 aromatic carbocycles. The summed E-state index contributed by atoms with van der Waals surface area (Å²) in [6.45, 7) is 5.88. The second-order valence-corrected chi connectivity index (χ2v) is 4.29. The van der Waals surface area contributed by atoms with Crippen LogP contribution in [-0.4, -0.2) is 23.1 Å². The van der Waals surface area contributed by atoms with Crippen LogP contribution in [0.25, 0.3) is 0 Å². The first-order valence-electron chi connectivity index (χ1n) is 6.77. The van der Waals surface area contributed by atoms with Gasteiger partial charge in [-0.3, -0.25) is 0 Å². The van der Waals surface area contributed by atoms with Gasteiger partial charge in [-0.15, -0.1) is 0 Å². The van der Waals surface area contributed by atoms with Gasteiger partial charge in [-0.2, -0.15) is 9.97 Å². The van der Waals surface area contributed by atoms with Gasteiger partial charge in [-0.05, 0) is 12.8 Å². The second kappa shape index (κ2) is 8.55. The molecule has 5 nitrogen and oxygen atoms in total. The van der Waals surface area contributed by atoms with Crippen LogP contribution in [-0.2, 0) is 0 Å². The van der Waals surface area contributed by atoms with Crippen LogP contribution in [0.1, 0.15) is 46.0 Å². The standard InChI is InChI=1S/C13H24N4O/c1-3-5-7-8-15-11-10-12(17-13(14)16-11)18-9-6-4-2/h10H,3-9H2,1-2H3,(H3,14,15,16,17). The van der Waals surface area contributed by atoms with Gasteiger partial charge in [-0.25, -0.2) is 0 Å². The van der Waals surface area contributed by atoms with Gasteiger partial charge in [-0.1, -0.05) is 33.1 Å². The van der Waals surface area contributed by atoms with Gasteiger partial charge in [0.25, 0.3) is 0 Å². The zero-order chi connectivity index (χ0) is 13.2. The van der Waals surface area contributed by atoms with Crippen molar-refractivity contribution in [3.05, 3.63) is 6.07 Å². The first-order valence-corrected chi connectivity index (χ1v) is 6.77. The average molecular weight is 252 g/mol. The zero-order valence-corrected chi connectivity index (χ0v) is 11.4. The lowest BCUT2D eigenvalue weighted by Crippen LogP contribution is -2.07. The van der Waals surface area contributed by atoms with Crippen molar-refractivity contribution in [1.29, 1.82) is 0 Å². The molecule has 0 aliphatic rings. The predicted molar refractivity (Wildman–Crippen MR) is 74.9 cm³/mol. The molecule has 1 aromatic rings. The third-order valence-corrected chi connectivity index (χ3v) is 2.55. The fourth-order valence-electron chi connectivity index (χ4n) is 1.52. The minimum Gasteiger partial charge on any atom is -0.477 e. The molecule has 1 heterocycles. The Labute approximate surface area is 109 Å². The van der Waals surface area contributed by atoms with Crippen molar-refractivity contribution in [1.82, 2.24) is 9.97 Å². The highest BCUT2D eigenvalue weighted by Crippen LogP contribution is 2.15. The molecule has 0 amide bonds. The second-order valence-electron chi connectivity index (χ2n) is 4.29. The highest BCUT2D eigenvalue weighted by molar-refractivity contribution is 5.42. The third-order valence-electron chi connectivity index (χ3n) is 2.55. The maximum Gasteiger partial charge on any atom is 0.225 e. The lowest BCUT2D eigenvalue weighted by Gasteiger charge is -2.09. The molecule has 0 spiro atoms. The molecule has 102 valence electrons. The summed E-state index contributed by atoms with van der Waals surface area (Å²) in [5.74, 6) is 1.54. The van der Waals surface area contributed by atoms with E-state index in [1.807, 2.05) is 0 Å². The number of hydrogen-bond acceptors (Lipinski definition) is 5. The van der Waals surface area contributed by atoms with Gasteiger partial charge >= 0.3 is 0 Å². The largest absolute Gasteiger partial charge is 0.477 e. The van der Waals surface area contributed by atoms with Gasteiger partial charge in [0.1, 0.15) is 5.82 Å². The van der Waals surface area contributed by atoms with E-state index in [4.69, 9.17) is 10.5 Å². The molecule has 0 radical (unpaired) electrons. The van der Waals surface area contributed by atoms with Crippen LogP contribution < -0.4 is 15.8 Å². The summed E-state index contributed by atoms with van der Waals surface area (Å²) in [7, 11) is 0. The van der Waals surface area contributed by atoms with Crippen molar-refractivity contribution in [3.63, 3.8) is 0 Å². The fraction of sp³-hybridized carbons (Fsp3) is 0.692. The Morgan fingerprint density at radius 3 is 2.67 bits per heavy atom. The SMILES string of the molecule is CCCCCNc1cc(OCCCC)nc(N)n1. The lowest BCUT2D eigenvalue weighted by atomic mass is 10.2. The summed E-state index contributed by atoms with van der Waals surface area (Å²) in [4.78, 5) is 8.19. The van der Waals surface area contributed by atoms with Gasteiger partial charge in [0, 0.05) is 12.6 Å². The zero-order valence-electron chi connectivity index (χ0n) is 11.4. The van der Waals surface area contributed by atoms with Crippen LogP contribution in [0.2, 0.25) is 0 Å². The number of nitrogens with two attached hydrogens (primary N) is 1. The molecule has 18 heavy (non-hydrogen) atoms. The van der Waals surface area contributed by atoms with Crippen molar-refractivity contribution in [2.24, 2.45) is 0 Å². The Morgan fingerprint density at radius 1 is 1.17 bits per heavy atom. The molecule has 0 aliphatic heterocycles. The molecule has 3 N–H and O–H groups in total. The van der Waals surface area contributed by atoms with Gasteiger partial charge in [0.15, 0.2) is 0 Å². The van der Waals surface area contributed by atoms with Crippen LogP contribution in [0.4, 0.5) is 11.8 Å². The molecule has 0 unspecified atom stereocenters. The molecule has 0 saturated heterocycles. The number of unbranched alkanes of at least 4 members (excludes halogenated alkanes) is 3. The van der Waals surface area contributed by atoms with Crippen LogP contribution in [0.15, 0.2) is 6.07 Å². The number of aromatic nitrogens is 2. The molecular weight excluding hydrogens is 228 g/mol. The number of ether oxygens (including phenoxy) is 1. The molecule has 5 heteroatoms. The summed E-state index contributed by atoms with van der Waals surface area (Å²) < 4.78 is 5.52. The van der Waals surface area contributed by atoms with Crippen LogP contribution in [0, 0.1) is 0 Å². The molecule has 1 rings (SSSR count). The molecule has 0 fully saturated rings. The monoisotopic (exact) mass is 252 g/mol. The Bertz CT molecular complexity index is 344. The van der Waals surface area contributed by atoms with E-state index in [0.29, 0.717) is 12.5 Å². The van der Waals surface area contributed by atoms with E-state index in [-0.39, 0.29) is 5.95 Å². The highest BCUT2D eigenvalue weighted by atomic mass is 16.5. The quantitative estimate of drug-likeness (QED) is 0.661. The third kappa shape index (κ3) is 5.70. The number of hydrogen-bond donors (Lipinski definition) is 2. The first kappa shape index (κ1) is 14.5. The number of rotatable bonds is 9. The van der Waals surface area contributed by atoms with E-state index in [1.165, 1.54) is 12.8 Å². The molecular formula is C13H24N4O. The van der Waals surface area contributed by atoms with Gasteiger partial charge < -0.3 is 15.8 Å². The van der Waals surface area contributed by atoms with E-state index in [2.05, 4.69) is 29.1 Å². The first-order chi connectivity index (χ1) is 8.76. The fourth-order valence-corrected chi connectivity index (χ4v) is 1.52. The average Bonchev–Trinajstić information content (AvgIpc) is 2.34. The summed E-state index contributed by atoms with van der Waals surface area (Å²) in [6.07, 6.45) is 5.67. The highest BCUT2D eigenvalue weighted by Gasteiger charge is 2.02.